The van der Waals surface area contributed by atoms with Crippen molar-refractivity contribution >= 4 is 29.1 Å². The number of hydrogen-bond donors (Lipinski definition) is 3. The molecule has 0 spiro atoms. The third kappa shape index (κ3) is 3.54. The van der Waals surface area contributed by atoms with Crippen LogP contribution in [0.3, 0.4) is 0 Å². The fraction of sp³-hybridized carbons (Fsp3) is 0.938. The number of rotatable bonds is 3. The Kier molecular flexibility index (Phi) is 5.62. The molecule has 2 saturated heterocycles. The van der Waals surface area contributed by atoms with Crippen molar-refractivity contribution < 1.29 is 14.3 Å². The predicted molar refractivity (Wildman–Crippen MR) is 92.0 cm³/mol. The fourth-order valence-corrected chi connectivity index (χ4v) is 4.74. The summed E-state index contributed by atoms with van der Waals surface area (Å²) < 4.78 is 14.2. The van der Waals surface area contributed by atoms with E-state index in [1.54, 1.807) is 4.90 Å². The number of nitrogens with one attached hydrogen (secondary N) is 1. The molecule has 4 unspecified atom stereocenters. The van der Waals surface area contributed by atoms with E-state index < -0.39 is 17.7 Å². The molecule has 2 aliphatic heterocycles. The summed E-state index contributed by atoms with van der Waals surface area (Å²) in [4.78, 5) is 13.8. The smallest absolute Gasteiger partial charge is 0.262 e. The number of halogens is 3. The van der Waals surface area contributed by atoms with Gasteiger partial charge in [0.25, 0.3) is 5.91 Å². The van der Waals surface area contributed by atoms with Gasteiger partial charge in [-0.15, -0.1) is 23.2 Å². The van der Waals surface area contributed by atoms with E-state index in [4.69, 9.17) is 28.9 Å². The second kappa shape index (κ2) is 7.23. The third-order valence-corrected chi connectivity index (χ3v) is 7.00. The summed E-state index contributed by atoms with van der Waals surface area (Å²) in [7, 11) is 0. The van der Waals surface area contributed by atoms with Gasteiger partial charge in [0.1, 0.15) is 0 Å². The average Bonchev–Trinajstić information content (AvgIpc) is 2.55. The third-order valence-electron chi connectivity index (χ3n) is 5.91. The highest BCUT2D eigenvalue weighted by Crippen LogP contribution is 2.37. The van der Waals surface area contributed by atoms with Crippen LogP contribution >= 0.6 is 23.2 Å². The number of nitrogens with zero attached hydrogens (tertiary/aromatic N) is 1. The van der Waals surface area contributed by atoms with E-state index in [-0.39, 0.29) is 41.7 Å². The van der Waals surface area contributed by atoms with Gasteiger partial charge in [0.2, 0.25) is 5.67 Å². The molecule has 0 aromatic heterocycles. The lowest BCUT2D eigenvalue weighted by Crippen LogP contribution is -2.65. The maximum Gasteiger partial charge on any atom is 0.262 e. The molecular weight excluding hydrogens is 356 g/mol. The molecule has 0 aromatic carbocycles. The minimum absolute atomic E-state index is 0.0712. The summed E-state index contributed by atoms with van der Waals surface area (Å²) in [5, 5.41) is 12.7. The predicted octanol–water partition coefficient (Wildman–Crippen LogP) is 0.849. The number of carbonyl (C=O) groups excluding carboxylic acids is 1. The molecule has 0 bridgehead atoms. The van der Waals surface area contributed by atoms with Gasteiger partial charge in [0.05, 0.1) is 16.9 Å². The monoisotopic (exact) mass is 381 g/mol. The quantitative estimate of drug-likeness (QED) is 0.633. The van der Waals surface area contributed by atoms with Crippen LogP contribution in [-0.4, -0.2) is 70.7 Å². The molecular formula is C16H26Cl2FN3O2. The summed E-state index contributed by atoms with van der Waals surface area (Å²) in [6, 6.07) is -0.174. The van der Waals surface area contributed by atoms with Crippen LogP contribution in [0.1, 0.15) is 25.7 Å². The van der Waals surface area contributed by atoms with Gasteiger partial charge in [0.15, 0.2) is 0 Å². The molecule has 3 aliphatic rings. The first-order chi connectivity index (χ1) is 11.3. The molecule has 3 rings (SSSR count). The normalized spacial score (nSPS) is 38.5. The second-order valence-electron chi connectivity index (χ2n) is 7.51. The molecule has 138 valence electrons. The van der Waals surface area contributed by atoms with E-state index in [1.807, 2.05) is 0 Å². The zero-order valence-corrected chi connectivity index (χ0v) is 15.1. The van der Waals surface area contributed by atoms with Crippen LogP contribution in [-0.2, 0) is 4.79 Å². The summed E-state index contributed by atoms with van der Waals surface area (Å²) in [6.07, 6.45) is 2.00. The Morgan fingerprint density at radius 3 is 2.38 bits per heavy atom. The van der Waals surface area contributed by atoms with E-state index in [1.165, 1.54) is 0 Å². The van der Waals surface area contributed by atoms with Crippen molar-refractivity contribution in [1.82, 2.24) is 10.2 Å². The van der Waals surface area contributed by atoms with Crippen LogP contribution in [0, 0.1) is 11.8 Å². The van der Waals surface area contributed by atoms with Crippen LogP contribution in [0.15, 0.2) is 0 Å². The van der Waals surface area contributed by atoms with Crippen LogP contribution in [0.2, 0.25) is 0 Å². The number of aliphatic hydroxyl groups is 1. The number of nitrogens with two attached hydrogens (primary N) is 1. The van der Waals surface area contributed by atoms with E-state index in [0.29, 0.717) is 25.9 Å². The first kappa shape index (κ1) is 18.6. The van der Waals surface area contributed by atoms with Crippen molar-refractivity contribution in [2.45, 2.75) is 54.3 Å². The molecule has 0 aromatic rings. The number of hydrogen-bond acceptors (Lipinski definition) is 4. The molecule has 2 heterocycles. The van der Waals surface area contributed by atoms with Crippen LogP contribution in [0.25, 0.3) is 0 Å². The zero-order valence-electron chi connectivity index (χ0n) is 13.6. The van der Waals surface area contributed by atoms with Crippen molar-refractivity contribution in [2.75, 3.05) is 26.2 Å². The Morgan fingerprint density at radius 2 is 1.83 bits per heavy atom. The van der Waals surface area contributed by atoms with Gasteiger partial charge in [0, 0.05) is 38.1 Å². The number of alkyl halides is 3. The zero-order chi connectivity index (χ0) is 17.5. The Balaban J connectivity index is 1.53. The van der Waals surface area contributed by atoms with Crippen molar-refractivity contribution in [3.8, 4) is 0 Å². The molecule has 1 amide bonds. The summed E-state index contributed by atoms with van der Waals surface area (Å²) in [5.74, 6) is -0.269. The second-order valence-corrected chi connectivity index (χ2v) is 8.63. The largest absolute Gasteiger partial charge is 0.393 e. The summed E-state index contributed by atoms with van der Waals surface area (Å²) in [5.41, 5.74) is 4.69. The van der Waals surface area contributed by atoms with Gasteiger partial charge in [-0.05, 0) is 31.6 Å². The van der Waals surface area contributed by atoms with Crippen molar-refractivity contribution in [1.29, 1.82) is 0 Å². The van der Waals surface area contributed by atoms with Gasteiger partial charge in [-0.1, -0.05) is 0 Å². The topological polar surface area (TPSA) is 78.6 Å². The van der Waals surface area contributed by atoms with Crippen LogP contribution in [0.5, 0.6) is 0 Å². The van der Waals surface area contributed by atoms with Gasteiger partial charge < -0.3 is 21.1 Å². The summed E-state index contributed by atoms with van der Waals surface area (Å²) in [6.45, 7) is 1.26. The average molecular weight is 382 g/mol. The number of likely N-dealkylation sites (tertiary alicyclic amines) is 1. The number of piperidine rings is 1. The lowest BCUT2D eigenvalue weighted by Gasteiger charge is -2.44. The number of amides is 1. The van der Waals surface area contributed by atoms with Gasteiger partial charge in [-0.2, -0.15) is 0 Å². The Bertz CT molecular complexity index is 472. The Hall–Kier alpha value is -0.140. The lowest BCUT2D eigenvalue weighted by atomic mass is 9.74. The van der Waals surface area contributed by atoms with Gasteiger partial charge in [-0.3, -0.25) is 4.79 Å². The highest BCUT2D eigenvalue weighted by molar-refractivity contribution is 6.30. The molecule has 5 atom stereocenters. The molecule has 1 saturated carbocycles. The number of aliphatic hydroxyl groups excluding tert-OH is 1. The van der Waals surface area contributed by atoms with E-state index >= 15 is 0 Å². The molecule has 1 aliphatic carbocycles. The van der Waals surface area contributed by atoms with E-state index in [9.17, 15) is 14.3 Å². The Morgan fingerprint density at radius 1 is 1.25 bits per heavy atom. The Labute approximate surface area is 152 Å². The molecule has 8 heteroatoms. The first-order valence-corrected chi connectivity index (χ1v) is 9.60. The standard InChI is InChI=1S/C16H26Cl2FN3O2/c17-11-5-10(13(23)6-12(11)18)14(20)9-1-3-22(4-2-9)15(24)16(19)7-21-8-16/h9-14,21,23H,1-8,20H2/t10?,11?,12?,13?,14-/m1/s1. The fourth-order valence-electron chi connectivity index (χ4n) is 4.15. The van der Waals surface area contributed by atoms with Crippen molar-refractivity contribution in [3.63, 3.8) is 0 Å². The van der Waals surface area contributed by atoms with Crippen LogP contribution in [0.4, 0.5) is 4.39 Å². The van der Waals surface area contributed by atoms with Crippen molar-refractivity contribution in [3.05, 3.63) is 0 Å². The van der Waals surface area contributed by atoms with E-state index in [0.717, 1.165) is 12.8 Å². The molecule has 3 fully saturated rings. The molecule has 5 nitrogen and oxygen atoms in total. The molecule has 4 N–H and O–H groups in total. The molecule has 24 heavy (non-hydrogen) atoms. The molecule has 0 radical (unpaired) electrons. The minimum atomic E-state index is -1.73. The minimum Gasteiger partial charge on any atom is -0.393 e. The maximum absolute atomic E-state index is 14.2. The highest BCUT2D eigenvalue weighted by atomic mass is 35.5. The van der Waals surface area contributed by atoms with Gasteiger partial charge >= 0.3 is 0 Å². The summed E-state index contributed by atoms with van der Waals surface area (Å²) >= 11 is 12.4. The van der Waals surface area contributed by atoms with E-state index in [2.05, 4.69) is 5.32 Å². The van der Waals surface area contributed by atoms with Gasteiger partial charge in [-0.25, -0.2) is 4.39 Å². The number of carbonyl (C=O) groups is 1. The van der Waals surface area contributed by atoms with Crippen molar-refractivity contribution in [2.24, 2.45) is 17.6 Å². The lowest BCUT2D eigenvalue weighted by molar-refractivity contribution is -0.149. The first-order valence-electron chi connectivity index (χ1n) is 8.72. The SMILES string of the molecule is N[C@H](C1CCN(C(=O)C2(F)CNC2)CC1)C1CC(Cl)C(Cl)CC1O. The van der Waals surface area contributed by atoms with Crippen LogP contribution < -0.4 is 11.1 Å². The maximum atomic E-state index is 14.2. The highest BCUT2D eigenvalue weighted by Gasteiger charge is 2.48.